The maximum atomic E-state index is 12.4. The number of allylic oxidation sites excluding steroid dienone is 1. The van der Waals surface area contributed by atoms with Gasteiger partial charge in [0, 0.05) is 18.3 Å². The number of para-hydroxylation sites is 2. The Balaban J connectivity index is 1.62. The molecule has 0 aliphatic carbocycles. The van der Waals surface area contributed by atoms with Gasteiger partial charge in [0.2, 0.25) is 5.91 Å². The van der Waals surface area contributed by atoms with Crippen LogP contribution in [-0.4, -0.2) is 40.6 Å². The smallest absolute Gasteiger partial charge is 0.234 e. The van der Waals surface area contributed by atoms with E-state index >= 15 is 0 Å². The summed E-state index contributed by atoms with van der Waals surface area (Å²) in [5.41, 5.74) is 0.670. The third-order valence-corrected chi connectivity index (χ3v) is 5.18. The minimum absolute atomic E-state index is 0.154. The van der Waals surface area contributed by atoms with Crippen molar-refractivity contribution in [3.63, 3.8) is 0 Å². The number of hydrogen-bond acceptors (Lipinski definition) is 7. The number of carbonyl (C=O) groups excluding carboxylic acids is 1. The largest absolute Gasteiger partial charge is 0.497 e. The van der Waals surface area contributed by atoms with Crippen LogP contribution in [0.5, 0.6) is 17.2 Å². The molecule has 1 N–H and O–H groups in total. The van der Waals surface area contributed by atoms with Crippen LogP contribution in [0.3, 0.4) is 0 Å². The molecule has 0 saturated heterocycles. The molecule has 0 radical (unpaired) electrons. The molecule has 9 heteroatoms. The zero-order valence-corrected chi connectivity index (χ0v) is 18.2. The van der Waals surface area contributed by atoms with E-state index in [1.54, 1.807) is 32.4 Å². The Kier molecular flexibility index (Phi) is 7.94. The summed E-state index contributed by atoms with van der Waals surface area (Å²) in [6.07, 6.45) is 1.75. The van der Waals surface area contributed by atoms with E-state index < -0.39 is 0 Å². The van der Waals surface area contributed by atoms with Crippen LogP contribution in [0.1, 0.15) is 5.82 Å². The lowest BCUT2D eigenvalue weighted by atomic mass is 10.3. The molecule has 2 aromatic carbocycles. The summed E-state index contributed by atoms with van der Waals surface area (Å²) in [7, 11) is 3.17. The number of amides is 1. The summed E-state index contributed by atoms with van der Waals surface area (Å²) in [6, 6.07) is 14.6. The van der Waals surface area contributed by atoms with E-state index in [1.807, 2.05) is 41.0 Å². The Morgan fingerprint density at radius 1 is 1.13 bits per heavy atom. The maximum Gasteiger partial charge on any atom is 0.234 e. The van der Waals surface area contributed by atoms with Crippen LogP contribution in [0.25, 0.3) is 0 Å². The molecule has 0 unspecified atom stereocenters. The van der Waals surface area contributed by atoms with Gasteiger partial charge in [0.15, 0.2) is 22.5 Å². The van der Waals surface area contributed by atoms with Crippen LogP contribution in [-0.2, 0) is 17.9 Å². The lowest BCUT2D eigenvalue weighted by molar-refractivity contribution is -0.113. The first kappa shape index (κ1) is 22.2. The van der Waals surface area contributed by atoms with Gasteiger partial charge >= 0.3 is 0 Å². The summed E-state index contributed by atoms with van der Waals surface area (Å²) in [6.45, 7) is 4.50. The van der Waals surface area contributed by atoms with Gasteiger partial charge < -0.3 is 19.5 Å². The molecule has 31 heavy (non-hydrogen) atoms. The van der Waals surface area contributed by atoms with E-state index in [1.165, 1.54) is 11.8 Å². The quantitative estimate of drug-likeness (QED) is 0.358. The average Bonchev–Trinajstić information content (AvgIpc) is 3.18. The summed E-state index contributed by atoms with van der Waals surface area (Å²) < 4.78 is 18.2. The molecule has 3 aromatic rings. The maximum absolute atomic E-state index is 12.4. The molecule has 1 aromatic heterocycles. The Labute approximate surface area is 185 Å². The Morgan fingerprint density at radius 3 is 2.68 bits per heavy atom. The van der Waals surface area contributed by atoms with Gasteiger partial charge in [-0.25, -0.2) is 0 Å². The number of nitrogens with one attached hydrogen (secondary N) is 1. The topological polar surface area (TPSA) is 87.5 Å². The molecule has 162 valence electrons. The van der Waals surface area contributed by atoms with Crippen molar-refractivity contribution in [2.75, 3.05) is 25.3 Å². The van der Waals surface area contributed by atoms with E-state index in [0.29, 0.717) is 40.5 Å². The second-order valence-corrected chi connectivity index (χ2v) is 7.25. The molecule has 0 aliphatic rings. The number of anilines is 1. The van der Waals surface area contributed by atoms with E-state index in [9.17, 15) is 4.79 Å². The molecule has 8 nitrogen and oxygen atoms in total. The highest BCUT2D eigenvalue weighted by molar-refractivity contribution is 7.99. The van der Waals surface area contributed by atoms with Gasteiger partial charge in [0.1, 0.15) is 12.4 Å². The highest BCUT2D eigenvalue weighted by Crippen LogP contribution is 2.27. The van der Waals surface area contributed by atoms with Gasteiger partial charge in [-0.3, -0.25) is 9.36 Å². The van der Waals surface area contributed by atoms with Gasteiger partial charge in [-0.1, -0.05) is 36.0 Å². The van der Waals surface area contributed by atoms with Gasteiger partial charge in [0.25, 0.3) is 0 Å². The molecule has 0 fully saturated rings. The van der Waals surface area contributed by atoms with Crippen molar-refractivity contribution in [2.45, 2.75) is 18.3 Å². The van der Waals surface area contributed by atoms with Crippen molar-refractivity contribution in [1.82, 2.24) is 14.8 Å². The molecule has 1 heterocycles. The van der Waals surface area contributed by atoms with Gasteiger partial charge in [-0.2, -0.15) is 0 Å². The fourth-order valence-corrected chi connectivity index (χ4v) is 3.52. The monoisotopic (exact) mass is 440 g/mol. The molecule has 0 aliphatic heterocycles. The average molecular weight is 441 g/mol. The zero-order valence-electron chi connectivity index (χ0n) is 17.4. The predicted octanol–water partition coefficient (Wildman–Crippen LogP) is 3.79. The Bertz CT molecular complexity index is 1040. The van der Waals surface area contributed by atoms with E-state index in [-0.39, 0.29) is 18.3 Å². The molecule has 3 rings (SSSR count). The molecular formula is C22H24N4O4S. The van der Waals surface area contributed by atoms with Crippen LogP contribution in [0.15, 0.2) is 66.3 Å². The minimum atomic E-state index is -0.154. The SMILES string of the molecule is C=CCn1c(COc2ccccc2OC)nnc1SCC(=O)Nc1cccc(OC)c1. The normalized spacial score (nSPS) is 10.4. The van der Waals surface area contributed by atoms with Gasteiger partial charge in [-0.15, -0.1) is 16.8 Å². The second kappa shape index (κ2) is 11.1. The fourth-order valence-electron chi connectivity index (χ4n) is 2.75. The Morgan fingerprint density at radius 2 is 1.94 bits per heavy atom. The molecule has 0 atom stereocenters. The van der Waals surface area contributed by atoms with Crippen molar-refractivity contribution in [1.29, 1.82) is 0 Å². The van der Waals surface area contributed by atoms with Crippen LogP contribution in [0.4, 0.5) is 5.69 Å². The standard InChI is InChI=1S/C22H24N4O4S/c1-4-12-26-20(14-30-19-11-6-5-10-18(19)29-3)24-25-22(26)31-15-21(27)23-16-8-7-9-17(13-16)28-2/h4-11,13H,1,12,14-15H2,2-3H3,(H,23,27). The second-order valence-electron chi connectivity index (χ2n) is 6.31. The van der Waals surface area contributed by atoms with Crippen molar-refractivity contribution in [2.24, 2.45) is 0 Å². The lowest BCUT2D eigenvalue weighted by Crippen LogP contribution is -2.15. The number of aromatic nitrogens is 3. The summed E-state index contributed by atoms with van der Waals surface area (Å²) in [4.78, 5) is 12.4. The first-order valence-electron chi connectivity index (χ1n) is 9.50. The summed E-state index contributed by atoms with van der Waals surface area (Å²) in [5.74, 6) is 2.58. The predicted molar refractivity (Wildman–Crippen MR) is 120 cm³/mol. The number of ether oxygens (including phenoxy) is 3. The van der Waals surface area contributed by atoms with Crippen molar-refractivity contribution in [3.8, 4) is 17.2 Å². The minimum Gasteiger partial charge on any atom is -0.497 e. The highest BCUT2D eigenvalue weighted by atomic mass is 32.2. The van der Waals surface area contributed by atoms with Crippen LogP contribution in [0, 0.1) is 0 Å². The van der Waals surface area contributed by atoms with Crippen LogP contribution >= 0.6 is 11.8 Å². The third kappa shape index (κ3) is 6.02. The number of thioether (sulfide) groups is 1. The number of hydrogen-bond donors (Lipinski definition) is 1. The van der Waals surface area contributed by atoms with Crippen molar-refractivity contribution >= 4 is 23.4 Å². The first-order chi connectivity index (χ1) is 15.1. The third-order valence-electron chi connectivity index (χ3n) is 4.22. The molecule has 1 amide bonds. The number of carbonyl (C=O) groups is 1. The fraction of sp³-hybridized carbons (Fsp3) is 0.227. The number of rotatable bonds is 11. The number of methoxy groups -OCH3 is 2. The summed E-state index contributed by atoms with van der Waals surface area (Å²) >= 11 is 1.29. The molecular weight excluding hydrogens is 416 g/mol. The highest BCUT2D eigenvalue weighted by Gasteiger charge is 2.15. The lowest BCUT2D eigenvalue weighted by Gasteiger charge is -2.11. The molecule has 0 spiro atoms. The van der Waals surface area contributed by atoms with Crippen LogP contribution < -0.4 is 19.5 Å². The summed E-state index contributed by atoms with van der Waals surface area (Å²) in [5, 5.41) is 11.9. The van der Waals surface area contributed by atoms with Gasteiger partial charge in [0.05, 0.1) is 20.0 Å². The first-order valence-corrected chi connectivity index (χ1v) is 10.5. The van der Waals surface area contributed by atoms with E-state index in [0.717, 1.165) is 0 Å². The molecule has 0 saturated carbocycles. The van der Waals surface area contributed by atoms with E-state index in [4.69, 9.17) is 14.2 Å². The number of nitrogens with zero attached hydrogens (tertiary/aromatic N) is 3. The molecule has 0 bridgehead atoms. The van der Waals surface area contributed by atoms with Gasteiger partial charge in [-0.05, 0) is 24.3 Å². The van der Waals surface area contributed by atoms with Crippen molar-refractivity contribution in [3.05, 3.63) is 67.0 Å². The zero-order chi connectivity index (χ0) is 22.1. The number of benzene rings is 2. The Hall–Kier alpha value is -3.46. The van der Waals surface area contributed by atoms with E-state index in [2.05, 4.69) is 22.1 Å². The van der Waals surface area contributed by atoms with Crippen molar-refractivity contribution < 1.29 is 19.0 Å². The van der Waals surface area contributed by atoms with Crippen LogP contribution in [0.2, 0.25) is 0 Å².